The van der Waals surface area contributed by atoms with Crippen LogP contribution in [0.25, 0.3) is 0 Å². The van der Waals surface area contributed by atoms with Crippen molar-refractivity contribution in [3.63, 3.8) is 0 Å². The molecular weight excluding hydrogens is 143 g/mol. The predicted octanol–water partition coefficient (Wildman–Crippen LogP) is 0.400. The molecule has 0 saturated heterocycles. The van der Waals surface area contributed by atoms with Crippen LogP contribution in [0.4, 0.5) is 4.39 Å². The largest absolute Gasteiger partial charge is 0.771 e. The van der Waals surface area contributed by atoms with Gasteiger partial charge >= 0.3 is 0 Å². The second-order valence-electron chi connectivity index (χ2n) is 0.825. The van der Waals surface area contributed by atoms with Crippen molar-refractivity contribution in [1.82, 2.24) is 0 Å². The molecule has 0 aromatic heterocycles. The van der Waals surface area contributed by atoms with Gasteiger partial charge in [0.2, 0.25) is 0 Å². The van der Waals surface area contributed by atoms with Gasteiger partial charge in [0, 0.05) is 0 Å². The highest BCUT2D eigenvalue weighted by molar-refractivity contribution is 7.81. The third-order valence-electron chi connectivity index (χ3n) is 0.330. The second-order valence-corrected chi connectivity index (χ2v) is 2.70. The third-order valence-corrected chi connectivity index (χ3v) is 1.43. The summed E-state index contributed by atoms with van der Waals surface area (Å²) in [6.07, 6.45) is 0. The number of rotatable bonds is 2. The van der Waals surface area contributed by atoms with Crippen LogP contribution in [0, 0.1) is 0 Å². The summed E-state index contributed by atoms with van der Waals surface area (Å²) in [5.74, 6) is 0. The topological polar surface area (TPSA) is 40.1 Å². The summed E-state index contributed by atoms with van der Waals surface area (Å²) in [5.41, 5.74) is 0. The Hall–Kier alpha value is 0.330. The average molecular weight is 146 g/mol. The van der Waals surface area contributed by atoms with Crippen LogP contribution < -0.4 is 0 Å². The SMILES string of the molecule is O=S([O-])C(Cl)CF. The Labute approximate surface area is 48.0 Å². The zero-order chi connectivity index (χ0) is 5.86. The molecule has 7 heavy (non-hydrogen) atoms. The fraction of sp³-hybridized carbons (Fsp3) is 1.00. The molecule has 44 valence electrons. The number of hydrogen-bond acceptors (Lipinski definition) is 2. The van der Waals surface area contributed by atoms with Crippen molar-refractivity contribution in [3.05, 3.63) is 0 Å². The van der Waals surface area contributed by atoms with E-state index in [-0.39, 0.29) is 0 Å². The molecule has 0 bridgehead atoms. The van der Waals surface area contributed by atoms with E-state index in [9.17, 15) is 13.2 Å². The first kappa shape index (κ1) is 7.33. The summed E-state index contributed by atoms with van der Waals surface area (Å²) in [6, 6.07) is 0. The third kappa shape index (κ3) is 2.96. The standard InChI is InChI=1S/C2H4ClFO2S/c3-2(1-4)7(5)6/h2H,1H2,(H,5,6)/p-1. The minimum Gasteiger partial charge on any atom is -0.771 e. The molecule has 0 aliphatic rings. The lowest BCUT2D eigenvalue weighted by atomic mass is 10.9. The predicted molar refractivity (Wildman–Crippen MR) is 24.5 cm³/mol. The van der Waals surface area contributed by atoms with Gasteiger partial charge in [-0.2, -0.15) is 0 Å². The Morgan fingerprint density at radius 3 is 2.43 bits per heavy atom. The monoisotopic (exact) mass is 145 g/mol. The minimum absolute atomic E-state index is 1.03. The van der Waals surface area contributed by atoms with E-state index < -0.39 is 22.5 Å². The van der Waals surface area contributed by atoms with E-state index in [0.717, 1.165) is 0 Å². The van der Waals surface area contributed by atoms with Gasteiger partial charge in [0.15, 0.2) is 0 Å². The van der Waals surface area contributed by atoms with Crippen LogP contribution in [0.5, 0.6) is 0 Å². The molecule has 0 fully saturated rings. The van der Waals surface area contributed by atoms with E-state index in [1.165, 1.54) is 0 Å². The second kappa shape index (κ2) is 3.35. The lowest BCUT2D eigenvalue weighted by Crippen LogP contribution is -2.07. The number of halogens is 2. The van der Waals surface area contributed by atoms with Crippen molar-refractivity contribution >= 4 is 22.7 Å². The summed E-state index contributed by atoms with van der Waals surface area (Å²) in [4.78, 5) is 0. The van der Waals surface area contributed by atoms with E-state index in [1.54, 1.807) is 0 Å². The Morgan fingerprint density at radius 1 is 2.00 bits per heavy atom. The minimum atomic E-state index is -2.47. The molecule has 0 aliphatic heterocycles. The van der Waals surface area contributed by atoms with Crippen molar-refractivity contribution < 1.29 is 13.2 Å². The summed E-state index contributed by atoms with van der Waals surface area (Å²) < 4.78 is 28.9. The van der Waals surface area contributed by atoms with Gasteiger partial charge in [-0.15, -0.1) is 11.6 Å². The van der Waals surface area contributed by atoms with Gasteiger partial charge in [-0.1, -0.05) is 0 Å². The Morgan fingerprint density at radius 2 is 2.43 bits per heavy atom. The first-order chi connectivity index (χ1) is 3.18. The fourth-order valence-corrected chi connectivity index (χ4v) is 0.154. The Balaban J connectivity index is 3.34. The van der Waals surface area contributed by atoms with Gasteiger partial charge in [0.05, 0.1) is 0 Å². The van der Waals surface area contributed by atoms with Crippen molar-refractivity contribution in [2.45, 2.75) is 4.71 Å². The molecule has 0 heterocycles. The highest BCUT2D eigenvalue weighted by atomic mass is 35.5. The van der Waals surface area contributed by atoms with Gasteiger partial charge in [0.25, 0.3) is 0 Å². The average Bonchev–Trinajstić information content (AvgIpc) is 1.65. The maximum atomic E-state index is 11.1. The van der Waals surface area contributed by atoms with E-state index in [2.05, 4.69) is 0 Å². The van der Waals surface area contributed by atoms with E-state index >= 15 is 0 Å². The molecular formula is C2H3ClFO2S-. The maximum Gasteiger partial charge on any atom is 0.124 e. The van der Waals surface area contributed by atoms with Gasteiger partial charge in [-0.25, -0.2) is 4.39 Å². The van der Waals surface area contributed by atoms with Crippen LogP contribution in [0.2, 0.25) is 0 Å². The molecule has 0 aliphatic carbocycles. The van der Waals surface area contributed by atoms with Crippen LogP contribution in [0.3, 0.4) is 0 Å². The summed E-state index contributed by atoms with van der Waals surface area (Å²) >= 11 is 2.34. The molecule has 0 amide bonds. The van der Waals surface area contributed by atoms with E-state index in [0.29, 0.717) is 0 Å². The van der Waals surface area contributed by atoms with Gasteiger partial charge in [-0.05, 0) is 11.1 Å². The molecule has 2 nitrogen and oxygen atoms in total. The molecule has 0 aromatic carbocycles. The normalized spacial score (nSPS) is 18.7. The highest BCUT2D eigenvalue weighted by Crippen LogP contribution is 1.98. The molecule has 0 aromatic rings. The molecule has 0 saturated carbocycles. The number of alkyl halides is 2. The lowest BCUT2D eigenvalue weighted by molar-refractivity contribution is 0.485. The van der Waals surface area contributed by atoms with Crippen LogP contribution in [-0.2, 0) is 11.1 Å². The Bertz CT molecular complexity index is 78.1. The van der Waals surface area contributed by atoms with Crippen molar-refractivity contribution in [2.75, 3.05) is 6.67 Å². The molecule has 2 unspecified atom stereocenters. The zero-order valence-corrected chi connectivity index (χ0v) is 4.84. The quantitative estimate of drug-likeness (QED) is 0.417. The molecule has 2 atom stereocenters. The summed E-state index contributed by atoms with van der Waals surface area (Å²) in [7, 11) is 0. The zero-order valence-electron chi connectivity index (χ0n) is 3.27. The van der Waals surface area contributed by atoms with Crippen molar-refractivity contribution in [3.8, 4) is 0 Å². The van der Waals surface area contributed by atoms with Crippen molar-refractivity contribution in [1.29, 1.82) is 0 Å². The fourth-order valence-electron chi connectivity index (χ4n) is 0.0514. The van der Waals surface area contributed by atoms with E-state index in [4.69, 9.17) is 11.6 Å². The molecule has 0 rings (SSSR count). The van der Waals surface area contributed by atoms with Gasteiger partial charge in [-0.3, -0.25) is 4.21 Å². The highest BCUT2D eigenvalue weighted by Gasteiger charge is 1.99. The maximum absolute atomic E-state index is 11.1. The number of hydrogen-bond donors (Lipinski definition) is 0. The molecule has 0 spiro atoms. The molecule has 5 heteroatoms. The molecule has 0 radical (unpaired) electrons. The van der Waals surface area contributed by atoms with Crippen LogP contribution in [0.15, 0.2) is 0 Å². The first-order valence-corrected chi connectivity index (χ1v) is 3.04. The summed E-state index contributed by atoms with van der Waals surface area (Å²) in [5, 5.41) is 0. The molecule has 0 N–H and O–H groups in total. The van der Waals surface area contributed by atoms with Crippen LogP contribution in [-0.4, -0.2) is 20.1 Å². The smallest absolute Gasteiger partial charge is 0.124 e. The van der Waals surface area contributed by atoms with Gasteiger partial charge in [0.1, 0.15) is 11.4 Å². The van der Waals surface area contributed by atoms with Gasteiger partial charge < -0.3 is 4.55 Å². The van der Waals surface area contributed by atoms with Crippen LogP contribution >= 0.6 is 11.6 Å². The van der Waals surface area contributed by atoms with Crippen LogP contribution in [0.1, 0.15) is 0 Å². The Kier molecular flexibility index (Phi) is 3.50. The lowest BCUT2D eigenvalue weighted by Gasteiger charge is -2.05. The van der Waals surface area contributed by atoms with Crippen molar-refractivity contribution in [2.24, 2.45) is 0 Å². The van der Waals surface area contributed by atoms with E-state index in [1.807, 2.05) is 0 Å². The first-order valence-electron chi connectivity index (χ1n) is 1.46. The summed E-state index contributed by atoms with van der Waals surface area (Å²) in [6.45, 7) is -1.03.